The molecule has 0 aliphatic carbocycles. The minimum absolute atomic E-state index is 0.235. The first kappa shape index (κ1) is 17.5. The van der Waals surface area contributed by atoms with E-state index in [9.17, 15) is 14.2 Å². The van der Waals surface area contributed by atoms with Crippen LogP contribution in [0.1, 0.15) is 6.92 Å². The van der Waals surface area contributed by atoms with E-state index in [0.717, 1.165) is 0 Å². The monoisotopic (exact) mass is 330 g/mol. The van der Waals surface area contributed by atoms with E-state index < -0.39 is 33.0 Å². The molecule has 0 radical (unpaired) electrons. The Kier molecular flexibility index (Phi) is 5.29. The summed E-state index contributed by atoms with van der Waals surface area (Å²) < 4.78 is 28.7. The van der Waals surface area contributed by atoms with Crippen LogP contribution in [0.3, 0.4) is 0 Å². The fourth-order valence-corrected chi connectivity index (χ4v) is 3.18. The Bertz CT molecular complexity index is 499. The summed E-state index contributed by atoms with van der Waals surface area (Å²) in [5, 5.41) is 6.04. The molecule has 0 aromatic carbocycles. The van der Waals surface area contributed by atoms with Gasteiger partial charge in [0.15, 0.2) is 0 Å². The van der Waals surface area contributed by atoms with Crippen LogP contribution in [0.4, 0.5) is 0 Å². The Balaban J connectivity index is 2.73. The van der Waals surface area contributed by atoms with Gasteiger partial charge >= 0.3 is 15.2 Å². The molecule has 1 unspecified atom stereocenters. The molecule has 0 aliphatic heterocycles. The highest BCUT2D eigenvalue weighted by atomic mass is 31.2. The fourth-order valence-electron chi connectivity index (χ4n) is 1.34. The van der Waals surface area contributed by atoms with Crippen LogP contribution >= 0.6 is 15.2 Å². The van der Waals surface area contributed by atoms with Gasteiger partial charge in [-0.3, -0.25) is 9.13 Å². The van der Waals surface area contributed by atoms with Crippen molar-refractivity contribution in [3.8, 4) is 0 Å². The second kappa shape index (κ2) is 6.05. The summed E-state index contributed by atoms with van der Waals surface area (Å²) in [5.41, 5.74) is 0. The van der Waals surface area contributed by atoms with Gasteiger partial charge in [0.1, 0.15) is 0 Å². The number of hydrogen-bond acceptors (Lipinski definition) is 5. The highest BCUT2D eigenvalue weighted by molar-refractivity contribution is 7.72. The molecule has 0 saturated carbocycles. The summed E-state index contributed by atoms with van der Waals surface area (Å²) in [6.07, 6.45) is 3.93. The molecule has 0 saturated heterocycles. The number of rotatable bonds is 7. The van der Waals surface area contributed by atoms with Gasteiger partial charge in [-0.25, -0.2) is 4.98 Å². The lowest BCUT2D eigenvalue weighted by Gasteiger charge is -2.30. The predicted octanol–water partition coefficient (Wildman–Crippen LogP) is -0.710. The second-order valence-electron chi connectivity index (χ2n) is 4.24. The molecule has 0 fully saturated rings. The lowest BCUT2D eigenvalue weighted by Crippen LogP contribution is -2.36. The Morgan fingerprint density at radius 3 is 2.25 bits per heavy atom. The third kappa shape index (κ3) is 3.97. The molecule has 10 nitrogen and oxygen atoms in total. The van der Waals surface area contributed by atoms with Gasteiger partial charge in [0.05, 0.1) is 19.0 Å². The molecule has 0 aliphatic rings. The van der Waals surface area contributed by atoms with Crippen molar-refractivity contribution in [3.63, 3.8) is 0 Å². The van der Waals surface area contributed by atoms with Gasteiger partial charge in [-0.15, -0.1) is 0 Å². The van der Waals surface area contributed by atoms with E-state index in [2.05, 4.69) is 4.98 Å². The van der Waals surface area contributed by atoms with Crippen molar-refractivity contribution >= 4 is 15.2 Å². The molecule has 12 heteroatoms. The Morgan fingerprint density at radius 1 is 1.30 bits per heavy atom. The first-order valence-electron chi connectivity index (χ1n) is 5.38. The normalized spacial score (nSPS) is 15.3. The van der Waals surface area contributed by atoms with Gasteiger partial charge in [0.25, 0.3) is 5.08 Å². The molecule has 1 aromatic rings. The summed E-state index contributed by atoms with van der Waals surface area (Å²) in [6, 6.07) is 0. The van der Waals surface area contributed by atoms with E-state index in [1.54, 1.807) is 10.8 Å². The zero-order valence-electron chi connectivity index (χ0n) is 10.5. The van der Waals surface area contributed by atoms with Crippen LogP contribution < -0.4 is 0 Å². The second-order valence-corrected chi connectivity index (χ2v) is 8.25. The minimum Gasteiger partial charge on any atom is -0.372 e. The highest BCUT2D eigenvalue weighted by Crippen LogP contribution is 2.67. The summed E-state index contributed by atoms with van der Waals surface area (Å²) >= 11 is 0. The van der Waals surface area contributed by atoms with Crippen molar-refractivity contribution in [2.24, 2.45) is 0 Å². The number of aliphatic hydroxyl groups is 1. The average Bonchev–Trinajstić information content (AvgIpc) is 2.75. The molecule has 116 valence electrons. The Hall–Kier alpha value is -0.570. The van der Waals surface area contributed by atoms with Crippen molar-refractivity contribution < 1.29 is 38.5 Å². The smallest absolute Gasteiger partial charge is 0.371 e. The SMILES string of the molecule is CC(Cn1ccnc1)OCC(O)(P(=O)(O)O)P(=O)(O)O. The standard InChI is InChI=1S/C8H16N2O8P2/c1-7(4-10-3-2-9-6-10)18-5-8(11,19(12,13)14)20(15,16)17/h2-3,6-7,11H,4-5H2,1H3,(H2,12,13,14)(H2,15,16,17). The van der Waals surface area contributed by atoms with Crippen LogP contribution in [0, 0.1) is 0 Å². The Morgan fingerprint density at radius 2 is 1.85 bits per heavy atom. The Labute approximate surface area is 114 Å². The lowest BCUT2D eigenvalue weighted by atomic mass is 10.4. The van der Waals surface area contributed by atoms with Crippen LogP contribution in [-0.2, 0) is 20.4 Å². The predicted molar refractivity (Wildman–Crippen MR) is 66.7 cm³/mol. The molecular formula is C8H16N2O8P2. The molecule has 1 rings (SSSR count). The molecule has 5 N–H and O–H groups in total. The van der Waals surface area contributed by atoms with Crippen molar-refractivity contribution in [2.75, 3.05) is 6.61 Å². The van der Waals surface area contributed by atoms with Gasteiger partial charge in [-0.05, 0) is 6.92 Å². The number of nitrogens with zero attached hydrogens (tertiary/aromatic N) is 2. The van der Waals surface area contributed by atoms with Crippen LogP contribution in [0.2, 0.25) is 0 Å². The van der Waals surface area contributed by atoms with E-state index in [-0.39, 0.29) is 6.54 Å². The third-order valence-corrected chi connectivity index (χ3v) is 6.21. The van der Waals surface area contributed by atoms with Gasteiger partial charge in [-0.1, -0.05) is 0 Å². The molecule has 0 spiro atoms. The van der Waals surface area contributed by atoms with Crippen molar-refractivity contribution in [1.82, 2.24) is 9.55 Å². The average molecular weight is 330 g/mol. The van der Waals surface area contributed by atoms with Gasteiger partial charge in [0, 0.05) is 18.9 Å². The quantitative estimate of drug-likeness (QED) is 0.406. The topological polar surface area (TPSA) is 162 Å². The maximum atomic E-state index is 11.1. The van der Waals surface area contributed by atoms with Crippen LogP contribution in [0.5, 0.6) is 0 Å². The van der Waals surface area contributed by atoms with Crippen LogP contribution in [0.25, 0.3) is 0 Å². The molecular weight excluding hydrogens is 314 g/mol. The van der Waals surface area contributed by atoms with E-state index in [1.807, 2.05) is 0 Å². The first-order chi connectivity index (χ1) is 8.97. The largest absolute Gasteiger partial charge is 0.372 e. The number of ether oxygens (including phenoxy) is 1. The van der Waals surface area contributed by atoms with E-state index >= 15 is 0 Å². The van der Waals surface area contributed by atoms with Crippen molar-refractivity contribution in [2.45, 2.75) is 24.7 Å². The van der Waals surface area contributed by atoms with Crippen molar-refractivity contribution in [3.05, 3.63) is 18.7 Å². The molecule has 20 heavy (non-hydrogen) atoms. The van der Waals surface area contributed by atoms with Gasteiger partial charge < -0.3 is 34.0 Å². The third-order valence-electron chi connectivity index (χ3n) is 2.52. The number of imidazole rings is 1. The highest BCUT2D eigenvalue weighted by Gasteiger charge is 2.60. The summed E-state index contributed by atoms with van der Waals surface area (Å²) in [5.74, 6) is 0. The molecule has 1 heterocycles. The molecule has 1 aromatic heterocycles. The molecule has 0 bridgehead atoms. The zero-order valence-corrected chi connectivity index (χ0v) is 12.3. The maximum absolute atomic E-state index is 11.1. The zero-order chi connectivity index (χ0) is 15.6. The first-order valence-corrected chi connectivity index (χ1v) is 8.61. The molecule has 0 amide bonds. The lowest BCUT2D eigenvalue weighted by molar-refractivity contribution is -0.0142. The fraction of sp³-hybridized carbons (Fsp3) is 0.625. The summed E-state index contributed by atoms with van der Waals surface area (Å²) in [4.78, 5) is 39.4. The maximum Gasteiger partial charge on any atom is 0.371 e. The molecule has 1 atom stereocenters. The number of hydrogen-bond donors (Lipinski definition) is 5. The minimum atomic E-state index is -5.49. The number of aromatic nitrogens is 2. The van der Waals surface area contributed by atoms with E-state index in [4.69, 9.17) is 24.3 Å². The van der Waals surface area contributed by atoms with Crippen LogP contribution in [0.15, 0.2) is 18.7 Å². The summed E-state index contributed by atoms with van der Waals surface area (Å²) in [6.45, 7) is 0.551. The van der Waals surface area contributed by atoms with Gasteiger partial charge in [0.2, 0.25) is 0 Å². The van der Waals surface area contributed by atoms with Gasteiger partial charge in [-0.2, -0.15) is 0 Å². The van der Waals surface area contributed by atoms with Crippen molar-refractivity contribution in [1.29, 1.82) is 0 Å². The van der Waals surface area contributed by atoms with E-state index in [1.165, 1.54) is 19.4 Å². The van der Waals surface area contributed by atoms with E-state index in [0.29, 0.717) is 0 Å². The summed E-state index contributed by atoms with van der Waals surface area (Å²) in [7, 11) is -11.0. The van der Waals surface area contributed by atoms with Crippen LogP contribution in [-0.4, -0.2) is 52.0 Å².